The molecule has 0 aromatic heterocycles. The molecule has 2 atom stereocenters. The second-order valence-corrected chi connectivity index (χ2v) is 3.84. The molecule has 1 aliphatic rings. The van der Waals surface area contributed by atoms with Crippen LogP contribution >= 0.6 is 0 Å². The van der Waals surface area contributed by atoms with E-state index in [9.17, 15) is 5.11 Å². The third-order valence-corrected chi connectivity index (χ3v) is 2.66. The second kappa shape index (κ2) is 5.29. The molecule has 1 heterocycles. The van der Waals surface area contributed by atoms with Crippen LogP contribution in [0.3, 0.4) is 0 Å². The van der Waals surface area contributed by atoms with Gasteiger partial charge in [-0.1, -0.05) is 17.7 Å². The standard InChI is InChI=1S/C11H20N2O/c1-3-6-13-7-4-10(5-8-13)11(12)9(2)14/h3-4,9,11,14H,1,5-8,12H2,2H3. The lowest BCUT2D eigenvalue weighted by molar-refractivity contribution is 0.171. The van der Waals surface area contributed by atoms with E-state index < -0.39 is 6.10 Å². The van der Waals surface area contributed by atoms with E-state index in [-0.39, 0.29) is 6.04 Å². The molecule has 0 aliphatic carbocycles. The maximum absolute atomic E-state index is 9.35. The van der Waals surface area contributed by atoms with Crippen molar-refractivity contribution in [2.45, 2.75) is 25.5 Å². The van der Waals surface area contributed by atoms with Crippen molar-refractivity contribution in [1.82, 2.24) is 4.90 Å². The molecule has 0 saturated heterocycles. The molecule has 0 amide bonds. The van der Waals surface area contributed by atoms with Crippen LogP contribution in [0.15, 0.2) is 24.3 Å². The topological polar surface area (TPSA) is 49.5 Å². The Labute approximate surface area is 85.9 Å². The molecule has 80 valence electrons. The molecule has 3 nitrogen and oxygen atoms in total. The quantitative estimate of drug-likeness (QED) is 0.644. The van der Waals surface area contributed by atoms with Crippen molar-refractivity contribution in [3.05, 3.63) is 24.3 Å². The molecule has 1 rings (SSSR count). The second-order valence-electron chi connectivity index (χ2n) is 3.84. The molecule has 2 unspecified atom stereocenters. The predicted octanol–water partition coefficient (Wildman–Crippen LogP) is 0.513. The molecule has 0 radical (unpaired) electrons. The Morgan fingerprint density at radius 2 is 2.50 bits per heavy atom. The van der Waals surface area contributed by atoms with Gasteiger partial charge in [0, 0.05) is 19.6 Å². The Morgan fingerprint density at radius 1 is 1.79 bits per heavy atom. The first-order valence-corrected chi connectivity index (χ1v) is 5.11. The maximum Gasteiger partial charge on any atom is 0.0701 e. The van der Waals surface area contributed by atoms with E-state index in [1.165, 1.54) is 5.57 Å². The monoisotopic (exact) mass is 196 g/mol. The van der Waals surface area contributed by atoms with Crippen molar-refractivity contribution in [3.8, 4) is 0 Å². The highest BCUT2D eigenvalue weighted by Crippen LogP contribution is 2.15. The Bertz CT molecular complexity index is 223. The fourth-order valence-corrected chi connectivity index (χ4v) is 1.69. The van der Waals surface area contributed by atoms with Crippen molar-refractivity contribution in [3.63, 3.8) is 0 Å². The van der Waals surface area contributed by atoms with Crippen LogP contribution < -0.4 is 5.73 Å². The summed E-state index contributed by atoms with van der Waals surface area (Å²) in [5.41, 5.74) is 7.03. The van der Waals surface area contributed by atoms with Gasteiger partial charge in [-0.05, 0) is 13.3 Å². The van der Waals surface area contributed by atoms with Crippen molar-refractivity contribution >= 4 is 0 Å². The minimum Gasteiger partial charge on any atom is -0.391 e. The van der Waals surface area contributed by atoms with E-state index >= 15 is 0 Å². The normalized spacial score (nSPS) is 22.6. The van der Waals surface area contributed by atoms with Gasteiger partial charge in [0.05, 0.1) is 12.1 Å². The van der Waals surface area contributed by atoms with Gasteiger partial charge in [-0.3, -0.25) is 4.90 Å². The van der Waals surface area contributed by atoms with Gasteiger partial charge in [-0.15, -0.1) is 6.58 Å². The van der Waals surface area contributed by atoms with Crippen LogP contribution in [0.4, 0.5) is 0 Å². The van der Waals surface area contributed by atoms with Gasteiger partial charge in [-0.25, -0.2) is 0 Å². The van der Waals surface area contributed by atoms with Crippen molar-refractivity contribution in [2.75, 3.05) is 19.6 Å². The molecular formula is C11H20N2O. The number of aliphatic hydroxyl groups is 1. The lowest BCUT2D eigenvalue weighted by atomic mass is 9.97. The molecule has 3 heteroatoms. The Balaban J connectivity index is 2.48. The zero-order valence-electron chi connectivity index (χ0n) is 8.82. The molecule has 0 fully saturated rings. The first-order chi connectivity index (χ1) is 6.65. The third-order valence-electron chi connectivity index (χ3n) is 2.66. The average Bonchev–Trinajstić information content (AvgIpc) is 2.18. The maximum atomic E-state index is 9.35. The van der Waals surface area contributed by atoms with Gasteiger partial charge in [0.2, 0.25) is 0 Å². The number of hydrogen-bond acceptors (Lipinski definition) is 3. The van der Waals surface area contributed by atoms with Crippen LogP contribution in [0.1, 0.15) is 13.3 Å². The summed E-state index contributed by atoms with van der Waals surface area (Å²) in [6.07, 6.45) is 4.55. The van der Waals surface area contributed by atoms with Gasteiger partial charge >= 0.3 is 0 Å². The molecule has 1 aliphatic heterocycles. The summed E-state index contributed by atoms with van der Waals surface area (Å²) in [6.45, 7) is 8.30. The number of nitrogens with zero attached hydrogens (tertiary/aromatic N) is 1. The van der Waals surface area contributed by atoms with E-state index in [2.05, 4.69) is 17.6 Å². The van der Waals surface area contributed by atoms with Crippen molar-refractivity contribution < 1.29 is 5.11 Å². The molecule has 14 heavy (non-hydrogen) atoms. The van der Waals surface area contributed by atoms with Crippen LogP contribution in [0, 0.1) is 0 Å². The number of aliphatic hydroxyl groups excluding tert-OH is 1. The van der Waals surface area contributed by atoms with E-state index in [1.807, 2.05) is 6.08 Å². The highest BCUT2D eigenvalue weighted by atomic mass is 16.3. The van der Waals surface area contributed by atoms with Crippen LogP contribution in [-0.4, -0.2) is 41.8 Å². The molecule has 3 N–H and O–H groups in total. The fraction of sp³-hybridized carbons (Fsp3) is 0.636. The third kappa shape index (κ3) is 2.94. The molecule has 0 bridgehead atoms. The largest absolute Gasteiger partial charge is 0.391 e. The van der Waals surface area contributed by atoms with Gasteiger partial charge in [0.15, 0.2) is 0 Å². The SMILES string of the molecule is C=CCN1CC=C(C(N)C(C)O)CC1. The molecular weight excluding hydrogens is 176 g/mol. The van der Waals surface area contributed by atoms with Gasteiger partial charge in [0.25, 0.3) is 0 Å². The molecule has 0 saturated carbocycles. The summed E-state index contributed by atoms with van der Waals surface area (Å²) < 4.78 is 0. The van der Waals surface area contributed by atoms with Crippen LogP contribution in [0.2, 0.25) is 0 Å². The summed E-state index contributed by atoms with van der Waals surface area (Å²) in [5.74, 6) is 0. The summed E-state index contributed by atoms with van der Waals surface area (Å²) in [6, 6.07) is -0.194. The summed E-state index contributed by atoms with van der Waals surface area (Å²) in [4.78, 5) is 2.30. The Hall–Kier alpha value is -0.640. The zero-order chi connectivity index (χ0) is 10.6. The Kier molecular flexibility index (Phi) is 4.32. The van der Waals surface area contributed by atoms with Gasteiger partial charge in [0.1, 0.15) is 0 Å². The van der Waals surface area contributed by atoms with Crippen LogP contribution in [-0.2, 0) is 0 Å². The summed E-state index contributed by atoms with van der Waals surface area (Å²) in [7, 11) is 0. The minimum absolute atomic E-state index is 0.194. The van der Waals surface area contributed by atoms with E-state index in [1.54, 1.807) is 6.92 Å². The first kappa shape index (κ1) is 11.4. The van der Waals surface area contributed by atoms with Gasteiger partial charge in [-0.2, -0.15) is 0 Å². The Morgan fingerprint density at radius 3 is 2.93 bits per heavy atom. The van der Waals surface area contributed by atoms with Crippen molar-refractivity contribution in [2.24, 2.45) is 5.73 Å². The van der Waals surface area contributed by atoms with E-state index in [0.29, 0.717) is 0 Å². The number of hydrogen-bond donors (Lipinski definition) is 2. The lowest BCUT2D eigenvalue weighted by Gasteiger charge is -2.28. The lowest BCUT2D eigenvalue weighted by Crippen LogP contribution is -2.39. The minimum atomic E-state index is -0.452. The highest BCUT2D eigenvalue weighted by molar-refractivity contribution is 5.15. The van der Waals surface area contributed by atoms with Crippen molar-refractivity contribution in [1.29, 1.82) is 0 Å². The van der Waals surface area contributed by atoms with Gasteiger partial charge < -0.3 is 10.8 Å². The molecule has 0 spiro atoms. The van der Waals surface area contributed by atoms with E-state index in [4.69, 9.17) is 5.73 Å². The van der Waals surface area contributed by atoms with E-state index in [0.717, 1.165) is 26.1 Å². The predicted molar refractivity (Wildman–Crippen MR) is 59.0 cm³/mol. The average molecular weight is 196 g/mol. The summed E-state index contributed by atoms with van der Waals surface area (Å²) >= 11 is 0. The number of nitrogens with two attached hydrogens (primary N) is 1. The smallest absolute Gasteiger partial charge is 0.0701 e. The first-order valence-electron chi connectivity index (χ1n) is 5.11. The zero-order valence-corrected chi connectivity index (χ0v) is 8.82. The molecule has 0 aromatic rings. The molecule has 0 aromatic carbocycles. The van der Waals surface area contributed by atoms with Crippen LogP contribution in [0.5, 0.6) is 0 Å². The fourth-order valence-electron chi connectivity index (χ4n) is 1.69. The number of rotatable bonds is 4. The summed E-state index contributed by atoms with van der Waals surface area (Å²) in [5, 5.41) is 9.35. The highest BCUT2D eigenvalue weighted by Gasteiger charge is 2.18. The van der Waals surface area contributed by atoms with Crippen LogP contribution in [0.25, 0.3) is 0 Å².